The highest BCUT2D eigenvalue weighted by atomic mass is 19.1. The minimum Gasteiger partial charge on any atom is -0.493 e. The van der Waals surface area contributed by atoms with Crippen LogP contribution in [-0.4, -0.2) is 39.8 Å². The average Bonchev–Trinajstić information content (AvgIpc) is 2.63. The van der Waals surface area contributed by atoms with E-state index in [0.717, 1.165) is 12.1 Å². The highest BCUT2D eigenvalue weighted by Crippen LogP contribution is 2.38. The van der Waals surface area contributed by atoms with Crippen LogP contribution in [0.4, 0.5) is 14.5 Å². The van der Waals surface area contributed by atoms with Gasteiger partial charge in [-0.25, -0.2) is 13.6 Å². The van der Waals surface area contributed by atoms with Crippen LogP contribution in [0.2, 0.25) is 0 Å². The number of hydrogen-bond donors (Lipinski definition) is 1. The predicted octanol–water partition coefficient (Wildman–Crippen LogP) is 2.79. The molecule has 0 fully saturated rings. The second-order valence-electron chi connectivity index (χ2n) is 5.20. The molecule has 0 aliphatic rings. The van der Waals surface area contributed by atoms with Crippen molar-refractivity contribution in [3.63, 3.8) is 0 Å². The number of halogens is 2. The van der Waals surface area contributed by atoms with Crippen molar-refractivity contribution in [2.75, 3.05) is 33.3 Å². The lowest BCUT2D eigenvalue weighted by Crippen LogP contribution is -2.21. The van der Waals surface area contributed by atoms with Crippen molar-refractivity contribution in [3.05, 3.63) is 47.5 Å². The molecular formula is C18H17F2NO6. The lowest BCUT2D eigenvalue weighted by atomic mass is 10.2. The monoisotopic (exact) mass is 381 g/mol. The summed E-state index contributed by atoms with van der Waals surface area (Å²) < 4.78 is 46.5. The fourth-order valence-electron chi connectivity index (χ4n) is 2.24. The first-order valence-electron chi connectivity index (χ1n) is 7.61. The molecule has 1 amide bonds. The molecule has 2 aromatic rings. The molecular weight excluding hydrogens is 364 g/mol. The summed E-state index contributed by atoms with van der Waals surface area (Å²) in [5.41, 5.74) is -0.0320. The number of ether oxygens (including phenoxy) is 4. The van der Waals surface area contributed by atoms with Gasteiger partial charge in [0.05, 0.1) is 26.9 Å². The van der Waals surface area contributed by atoms with Gasteiger partial charge in [0.25, 0.3) is 5.91 Å². The standard InChI is InChI=1S/C18H17F2NO6/c1-24-14-4-10(5-15(25-2)17(14)26-3)18(23)27-9-16(22)21-13-7-11(19)6-12(20)8-13/h4-8H,9H2,1-3H3,(H,21,22). The largest absolute Gasteiger partial charge is 0.493 e. The van der Waals surface area contributed by atoms with Crippen LogP contribution in [-0.2, 0) is 9.53 Å². The average molecular weight is 381 g/mol. The zero-order valence-electron chi connectivity index (χ0n) is 14.8. The Balaban J connectivity index is 2.05. The summed E-state index contributed by atoms with van der Waals surface area (Å²) in [4.78, 5) is 24.0. The quantitative estimate of drug-likeness (QED) is 0.743. The summed E-state index contributed by atoms with van der Waals surface area (Å²) in [5.74, 6) is -2.51. The summed E-state index contributed by atoms with van der Waals surface area (Å²) in [7, 11) is 4.19. The van der Waals surface area contributed by atoms with E-state index in [2.05, 4.69) is 5.32 Å². The van der Waals surface area contributed by atoms with E-state index in [1.54, 1.807) is 0 Å². The number of nitrogens with one attached hydrogen (secondary N) is 1. The highest BCUT2D eigenvalue weighted by Gasteiger charge is 2.18. The van der Waals surface area contributed by atoms with E-state index < -0.39 is 30.1 Å². The Morgan fingerprint density at radius 2 is 1.44 bits per heavy atom. The first kappa shape index (κ1) is 20.0. The smallest absolute Gasteiger partial charge is 0.338 e. The normalized spacial score (nSPS) is 10.1. The van der Waals surface area contributed by atoms with Crippen molar-refractivity contribution >= 4 is 17.6 Å². The Bertz CT molecular complexity index is 810. The van der Waals surface area contributed by atoms with Crippen LogP contribution < -0.4 is 19.5 Å². The second kappa shape index (κ2) is 8.84. The molecule has 0 aliphatic carbocycles. The lowest BCUT2D eigenvalue weighted by molar-refractivity contribution is -0.119. The van der Waals surface area contributed by atoms with Gasteiger partial charge >= 0.3 is 5.97 Å². The number of esters is 1. The van der Waals surface area contributed by atoms with E-state index in [-0.39, 0.29) is 22.7 Å². The number of hydrogen-bond acceptors (Lipinski definition) is 6. The fraction of sp³-hybridized carbons (Fsp3) is 0.222. The maximum Gasteiger partial charge on any atom is 0.338 e. The van der Waals surface area contributed by atoms with Gasteiger partial charge in [-0.05, 0) is 24.3 Å². The molecule has 7 nitrogen and oxygen atoms in total. The highest BCUT2D eigenvalue weighted by molar-refractivity contribution is 5.96. The molecule has 0 atom stereocenters. The topological polar surface area (TPSA) is 83.1 Å². The Morgan fingerprint density at radius 1 is 0.889 bits per heavy atom. The molecule has 0 bridgehead atoms. The molecule has 2 aromatic carbocycles. The molecule has 0 aliphatic heterocycles. The number of carbonyl (C=O) groups excluding carboxylic acids is 2. The molecule has 0 saturated heterocycles. The van der Waals surface area contributed by atoms with Crippen LogP contribution >= 0.6 is 0 Å². The van der Waals surface area contributed by atoms with Gasteiger partial charge in [-0.1, -0.05) is 0 Å². The maximum atomic E-state index is 13.1. The number of rotatable bonds is 7. The van der Waals surface area contributed by atoms with Crippen LogP contribution in [0.3, 0.4) is 0 Å². The molecule has 1 N–H and O–H groups in total. The summed E-state index contributed by atoms with van der Waals surface area (Å²) in [6.45, 7) is -0.659. The van der Waals surface area contributed by atoms with Gasteiger partial charge in [-0.2, -0.15) is 0 Å². The Morgan fingerprint density at radius 3 is 1.93 bits per heavy atom. The number of anilines is 1. The van der Waals surface area contributed by atoms with Crippen molar-refractivity contribution < 1.29 is 37.3 Å². The fourth-order valence-corrected chi connectivity index (χ4v) is 2.24. The Hall–Kier alpha value is -3.36. The summed E-state index contributed by atoms with van der Waals surface area (Å²) in [6.07, 6.45) is 0. The van der Waals surface area contributed by atoms with Crippen molar-refractivity contribution in [1.29, 1.82) is 0 Å². The van der Waals surface area contributed by atoms with Gasteiger partial charge in [-0.3, -0.25) is 4.79 Å². The lowest BCUT2D eigenvalue weighted by Gasteiger charge is -2.13. The van der Waals surface area contributed by atoms with Gasteiger partial charge in [0, 0.05) is 11.8 Å². The number of amides is 1. The van der Waals surface area contributed by atoms with Crippen LogP contribution in [0.25, 0.3) is 0 Å². The molecule has 9 heteroatoms. The third-order valence-corrected chi connectivity index (χ3v) is 3.38. The van der Waals surface area contributed by atoms with Gasteiger partial charge in [0.2, 0.25) is 5.75 Å². The van der Waals surface area contributed by atoms with E-state index >= 15 is 0 Å². The first-order valence-corrected chi connectivity index (χ1v) is 7.61. The van der Waals surface area contributed by atoms with E-state index in [1.807, 2.05) is 0 Å². The summed E-state index contributed by atoms with van der Waals surface area (Å²) in [6, 6.07) is 5.26. The minimum absolute atomic E-state index is 0.0640. The van der Waals surface area contributed by atoms with Crippen LogP contribution in [0, 0.1) is 11.6 Å². The molecule has 0 aromatic heterocycles. The summed E-state index contributed by atoms with van der Waals surface area (Å²) >= 11 is 0. The molecule has 0 radical (unpaired) electrons. The number of methoxy groups -OCH3 is 3. The van der Waals surface area contributed by atoms with Gasteiger partial charge in [-0.15, -0.1) is 0 Å². The van der Waals surface area contributed by atoms with Crippen LogP contribution in [0.15, 0.2) is 30.3 Å². The number of carbonyl (C=O) groups is 2. The summed E-state index contributed by atoms with van der Waals surface area (Å²) in [5, 5.41) is 2.23. The van der Waals surface area contributed by atoms with E-state index in [9.17, 15) is 18.4 Å². The molecule has 0 spiro atoms. The molecule has 27 heavy (non-hydrogen) atoms. The minimum atomic E-state index is -0.847. The second-order valence-corrected chi connectivity index (χ2v) is 5.20. The number of benzene rings is 2. The molecule has 0 unspecified atom stereocenters. The van der Waals surface area contributed by atoms with Gasteiger partial charge < -0.3 is 24.3 Å². The molecule has 2 rings (SSSR count). The van der Waals surface area contributed by atoms with Crippen molar-refractivity contribution in [2.45, 2.75) is 0 Å². The Kier molecular flexibility index (Phi) is 6.53. The SMILES string of the molecule is COc1cc(C(=O)OCC(=O)Nc2cc(F)cc(F)c2)cc(OC)c1OC. The molecule has 0 heterocycles. The first-order chi connectivity index (χ1) is 12.9. The van der Waals surface area contributed by atoms with Gasteiger partial charge in [0.15, 0.2) is 18.1 Å². The van der Waals surface area contributed by atoms with Crippen molar-refractivity contribution in [1.82, 2.24) is 0 Å². The third-order valence-electron chi connectivity index (χ3n) is 3.38. The molecule has 0 saturated carbocycles. The van der Waals surface area contributed by atoms with Crippen molar-refractivity contribution in [3.8, 4) is 17.2 Å². The predicted molar refractivity (Wildman–Crippen MR) is 91.4 cm³/mol. The van der Waals surface area contributed by atoms with Crippen LogP contribution in [0.5, 0.6) is 17.2 Å². The molecule has 144 valence electrons. The van der Waals surface area contributed by atoms with E-state index in [1.165, 1.54) is 33.5 Å². The van der Waals surface area contributed by atoms with Crippen molar-refractivity contribution in [2.24, 2.45) is 0 Å². The third kappa shape index (κ3) is 5.06. The zero-order chi connectivity index (χ0) is 20.0. The van der Waals surface area contributed by atoms with E-state index in [0.29, 0.717) is 11.8 Å². The van der Waals surface area contributed by atoms with Gasteiger partial charge in [0.1, 0.15) is 11.6 Å². The van der Waals surface area contributed by atoms with E-state index in [4.69, 9.17) is 18.9 Å². The maximum absolute atomic E-state index is 13.1. The Labute approximate surface area is 153 Å². The van der Waals surface area contributed by atoms with Crippen LogP contribution in [0.1, 0.15) is 10.4 Å². The zero-order valence-corrected chi connectivity index (χ0v) is 14.8.